The quantitative estimate of drug-likeness (QED) is 0.457. The van der Waals surface area contributed by atoms with Gasteiger partial charge in [0.05, 0.1) is 0 Å². The summed E-state index contributed by atoms with van der Waals surface area (Å²) in [6, 6.07) is -0.566. The van der Waals surface area contributed by atoms with E-state index in [4.69, 9.17) is 10.9 Å². The molecular weight excluding hydrogens is 262 g/mol. The fourth-order valence-corrected chi connectivity index (χ4v) is 2.59. The van der Waals surface area contributed by atoms with Crippen molar-refractivity contribution in [2.24, 2.45) is 11.7 Å². The molecule has 3 amide bonds. The van der Waals surface area contributed by atoms with Crippen LogP contribution in [-0.4, -0.2) is 40.4 Å². The van der Waals surface area contributed by atoms with Crippen LogP contribution in [0.15, 0.2) is 0 Å². The van der Waals surface area contributed by atoms with Crippen molar-refractivity contribution in [1.29, 1.82) is 0 Å². The van der Waals surface area contributed by atoms with Gasteiger partial charge in [-0.05, 0) is 19.3 Å². The molecule has 1 fully saturated rings. The van der Waals surface area contributed by atoms with Crippen LogP contribution in [0, 0.1) is 5.92 Å². The third-order valence-corrected chi connectivity index (χ3v) is 3.68. The Morgan fingerprint density at radius 3 is 2.70 bits per heavy atom. The molecule has 1 aliphatic rings. The highest BCUT2D eigenvalue weighted by molar-refractivity contribution is 5.90. The number of hydrogen-bond donors (Lipinski definition) is 3. The Labute approximate surface area is 118 Å². The number of hydroxylamine groups is 1. The molecule has 7 heteroatoms. The lowest BCUT2D eigenvalue weighted by Crippen LogP contribution is -2.46. The minimum Gasteiger partial charge on any atom is -0.368 e. The van der Waals surface area contributed by atoms with Gasteiger partial charge in [-0.1, -0.05) is 19.8 Å². The van der Waals surface area contributed by atoms with E-state index in [1.54, 1.807) is 5.48 Å². The smallest absolute Gasteiger partial charge is 0.244 e. The van der Waals surface area contributed by atoms with Crippen molar-refractivity contribution in [3.8, 4) is 0 Å². The van der Waals surface area contributed by atoms with E-state index in [0.29, 0.717) is 19.4 Å². The van der Waals surface area contributed by atoms with E-state index in [1.165, 1.54) is 4.90 Å². The zero-order chi connectivity index (χ0) is 15.1. The third kappa shape index (κ3) is 4.19. The van der Waals surface area contributed by atoms with Crippen LogP contribution in [0.3, 0.4) is 0 Å². The Morgan fingerprint density at radius 1 is 1.45 bits per heavy atom. The summed E-state index contributed by atoms with van der Waals surface area (Å²) in [4.78, 5) is 36.6. The van der Waals surface area contributed by atoms with Gasteiger partial charge >= 0.3 is 0 Å². The van der Waals surface area contributed by atoms with E-state index < -0.39 is 23.8 Å². The molecule has 1 heterocycles. The molecule has 20 heavy (non-hydrogen) atoms. The molecule has 0 spiro atoms. The number of unbranched alkanes of at least 4 members (excludes halogenated alkanes) is 1. The predicted octanol–water partition coefficient (Wildman–Crippen LogP) is 0.165. The highest BCUT2D eigenvalue weighted by atomic mass is 16.5. The van der Waals surface area contributed by atoms with Gasteiger partial charge in [0.15, 0.2) is 0 Å². The van der Waals surface area contributed by atoms with Crippen LogP contribution in [0.1, 0.15) is 45.4 Å². The molecule has 1 rings (SSSR count). The lowest BCUT2D eigenvalue weighted by Gasteiger charge is -2.27. The van der Waals surface area contributed by atoms with Gasteiger partial charge in [0.1, 0.15) is 6.04 Å². The topological polar surface area (TPSA) is 113 Å². The molecule has 0 radical (unpaired) electrons. The van der Waals surface area contributed by atoms with E-state index in [1.807, 2.05) is 6.92 Å². The summed E-state index contributed by atoms with van der Waals surface area (Å²) < 4.78 is 0. The van der Waals surface area contributed by atoms with Crippen LogP contribution in [0.25, 0.3) is 0 Å². The zero-order valence-corrected chi connectivity index (χ0v) is 11.8. The average molecular weight is 285 g/mol. The summed E-state index contributed by atoms with van der Waals surface area (Å²) >= 11 is 0. The maximum Gasteiger partial charge on any atom is 0.244 e. The summed E-state index contributed by atoms with van der Waals surface area (Å²) in [6.07, 6.45) is 3.52. The van der Waals surface area contributed by atoms with Gasteiger partial charge in [-0.15, -0.1) is 0 Å². The Bertz CT molecular complexity index is 373. The van der Waals surface area contributed by atoms with Crippen molar-refractivity contribution in [2.45, 2.75) is 51.5 Å². The van der Waals surface area contributed by atoms with E-state index in [-0.39, 0.29) is 12.3 Å². The molecule has 0 saturated carbocycles. The zero-order valence-electron chi connectivity index (χ0n) is 11.8. The normalized spacial score (nSPS) is 19.7. The van der Waals surface area contributed by atoms with Gasteiger partial charge in [-0.2, -0.15) is 0 Å². The van der Waals surface area contributed by atoms with Crippen LogP contribution in [-0.2, 0) is 14.4 Å². The summed E-state index contributed by atoms with van der Waals surface area (Å²) in [7, 11) is 0. The second-order valence-corrected chi connectivity index (χ2v) is 5.17. The van der Waals surface area contributed by atoms with E-state index >= 15 is 0 Å². The van der Waals surface area contributed by atoms with Gasteiger partial charge in [0.2, 0.25) is 17.7 Å². The number of rotatable bonds is 7. The molecule has 0 aromatic rings. The molecule has 0 aromatic heterocycles. The lowest BCUT2D eigenvalue weighted by atomic mass is 9.96. The summed E-state index contributed by atoms with van der Waals surface area (Å²) in [6.45, 7) is 2.49. The third-order valence-electron chi connectivity index (χ3n) is 3.68. The molecule has 2 unspecified atom stereocenters. The second kappa shape index (κ2) is 7.84. The van der Waals surface area contributed by atoms with Crippen LogP contribution < -0.4 is 11.2 Å². The summed E-state index contributed by atoms with van der Waals surface area (Å²) in [5.41, 5.74) is 6.85. The van der Waals surface area contributed by atoms with Gasteiger partial charge in [-0.25, -0.2) is 5.48 Å². The number of amides is 3. The molecule has 1 aliphatic heterocycles. The van der Waals surface area contributed by atoms with Gasteiger partial charge in [-0.3, -0.25) is 19.6 Å². The van der Waals surface area contributed by atoms with Crippen molar-refractivity contribution < 1.29 is 19.6 Å². The number of nitrogens with zero attached hydrogens (tertiary/aromatic N) is 1. The Morgan fingerprint density at radius 2 is 2.15 bits per heavy atom. The molecule has 2 atom stereocenters. The largest absolute Gasteiger partial charge is 0.368 e. The van der Waals surface area contributed by atoms with Crippen molar-refractivity contribution in [1.82, 2.24) is 10.4 Å². The van der Waals surface area contributed by atoms with E-state index in [0.717, 1.165) is 19.3 Å². The SMILES string of the molecule is CCCCC(CC(=O)NO)C(=O)N1CCCC1C(N)=O. The second-order valence-electron chi connectivity index (χ2n) is 5.17. The van der Waals surface area contributed by atoms with Gasteiger partial charge in [0.25, 0.3) is 0 Å². The van der Waals surface area contributed by atoms with Crippen LogP contribution >= 0.6 is 0 Å². The lowest BCUT2D eigenvalue weighted by molar-refractivity contribution is -0.143. The number of carbonyl (C=O) groups excluding carboxylic acids is 3. The number of primary amides is 1. The molecule has 114 valence electrons. The first-order chi connectivity index (χ1) is 9.51. The Kier molecular flexibility index (Phi) is 6.44. The fourth-order valence-electron chi connectivity index (χ4n) is 2.59. The van der Waals surface area contributed by atoms with Crippen LogP contribution in [0.4, 0.5) is 0 Å². The standard InChI is InChI=1S/C13H23N3O4/c1-2-3-5-9(8-11(17)15-20)13(19)16-7-4-6-10(16)12(14)18/h9-10,20H,2-8H2,1H3,(H2,14,18)(H,15,17). The Hall–Kier alpha value is -1.63. The van der Waals surface area contributed by atoms with Crippen LogP contribution in [0.5, 0.6) is 0 Å². The molecule has 0 bridgehead atoms. The molecule has 1 saturated heterocycles. The highest BCUT2D eigenvalue weighted by Gasteiger charge is 2.36. The first-order valence-corrected chi connectivity index (χ1v) is 7.04. The molecular formula is C13H23N3O4. The van der Waals surface area contributed by atoms with Gasteiger partial charge in [0, 0.05) is 18.9 Å². The number of nitrogens with two attached hydrogens (primary N) is 1. The van der Waals surface area contributed by atoms with Crippen molar-refractivity contribution >= 4 is 17.7 Å². The highest BCUT2D eigenvalue weighted by Crippen LogP contribution is 2.23. The molecule has 7 nitrogen and oxygen atoms in total. The Balaban J connectivity index is 2.75. The van der Waals surface area contributed by atoms with E-state index in [2.05, 4.69) is 0 Å². The molecule has 0 aliphatic carbocycles. The minimum atomic E-state index is -0.589. The van der Waals surface area contributed by atoms with Crippen molar-refractivity contribution in [2.75, 3.05) is 6.54 Å². The number of likely N-dealkylation sites (tertiary alicyclic amines) is 1. The van der Waals surface area contributed by atoms with E-state index in [9.17, 15) is 14.4 Å². The van der Waals surface area contributed by atoms with Crippen LogP contribution in [0.2, 0.25) is 0 Å². The first-order valence-electron chi connectivity index (χ1n) is 7.04. The fraction of sp³-hybridized carbons (Fsp3) is 0.769. The van der Waals surface area contributed by atoms with Crippen molar-refractivity contribution in [3.05, 3.63) is 0 Å². The van der Waals surface area contributed by atoms with Gasteiger partial charge < -0.3 is 10.6 Å². The van der Waals surface area contributed by atoms with Crippen molar-refractivity contribution in [3.63, 3.8) is 0 Å². The first kappa shape index (κ1) is 16.4. The summed E-state index contributed by atoms with van der Waals surface area (Å²) in [5.74, 6) is -1.82. The monoisotopic (exact) mass is 285 g/mol. The molecule has 0 aromatic carbocycles. The maximum absolute atomic E-state index is 12.5. The number of nitrogens with one attached hydrogen (secondary N) is 1. The predicted molar refractivity (Wildman–Crippen MR) is 71.5 cm³/mol. The average Bonchev–Trinajstić information content (AvgIpc) is 2.91. The molecule has 4 N–H and O–H groups in total. The number of hydrogen-bond acceptors (Lipinski definition) is 4. The number of carbonyl (C=O) groups is 3. The summed E-state index contributed by atoms with van der Waals surface area (Å²) in [5, 5.41) is 8.60. The minimum absolute atomic E-state index is 0.0721. The maximum atomic E-state index is 12.5.